The number of benzene rings is 2. The number of nitrogens with zero attached hydrogens (tertiary/aromatic N) is 1. The Morgan fingerprint density at radius 2 is 2.04 bits per heavy atom. The number of rotatable bonds is 4. The molecule has 1 aliphatic heterocycles. The van der Waals surface area contributed by atoms with Crippen LogP contribution in [0.1, 0.15) is 5.56 Å². The van der Waals surface area contributed by atoms with E-state index in [1.807, 2.05) is 24.3 Å². The van der Waals surface area contributed by atoms with Crippen LogP contribution in [-0.4, -0.2) is 32.3 Å². The maximum atomic E-state index is 12.9. The van der Waals surface area contributed by atoms with Crippen LogP contribution in [0, 0.1) is 0 Å². The maximum absolute atomic E-state index is 12.9. The molecule has 0 fully saturated rings. The predicted octanol–water partition coefficient (Wildman–Crippen LogP) is 3.25. The average Bonchev–Trinajstić information content (AvgIpc) is 2.56. The lowest BCUT2D eigenvalue weighted by molar-refractivity contribution is -0.118. The first-order valence-electron chi connectivity index (χ1n) is 7.25. The monoisotopic (exact) mass is 444 g/mol. The molecule has 0 atom stereocenters. The Bertz CT molecular complexity index is 949. The number of halogens is 2. The van der Waals surface area contributed by atoms with E-state index in [0.717, 1.165) is 10.0 Å². The summed E-state index contributed by atoms with van der Waals surface area (Å²) in [5.74, 6) is -0.0397. The number of carbonyl (C=O) groups is 1. The van der Waals surface area contributed by atoms with Gasteiger partial charge < -0.3 is 10.1 Å². The van der Waals surface area contributed by atoms with Crippen LogP contribution in [-0.2, 0) is 21.4 Å². The molecule has 1 heterocycles. The van der Waals surface area contributed by atoms with Gasteiger partial charge in [-0.3, -0.25) is 4.79 Å². The minimum atomic E-state index is -3.84. The highest BCUT2D eigenvalue weighted by Crippen LogP contribution is 2.37. The fourth-order valence-electron chi connectivity index (χ4n) is 2.40. The van der Waals surface area contributed by atoms with Gasteiger partial charge in [-0.2, -0.15) is 4.31 Å². The highest BCUT2D eigenvalue weighted by Gasteiger charge is 2.28. The van der Waals surface area contributed by atoms with Crippen molar-refractivity contribution in [2.24, 2.45) is 0 Å². The highest BCUT2D eigenvalue weighted by atomic mass is 79.9. The second kappa shape index (κ2) is 6.95. The molecule has 1 aliphatic rings. The molecule has 6 nitrogen and oxygen atoms in total. The van der Waals surface area contributed by atoms with Gasteiger partial charge in [-0.15, -0.1) is 0 Å². The Morgan fingerprint density at radius 1 is 1.32 bits per heavy atom. The van der Waals surface area contributed by atoms with Gasteiger partial charge in [0, 0.05) is 24.1 Å². The molecule has 0 aromatic heterocycles. The first-order chi connectivity index (χ1) is 11.8. The van der Waals surface area contributed by atoms with Crippen LogP contribution in [0.3, 0.4) is 0 Å². The molecule has 2 aromatic rings. The number of fused-ring (bicyclic) bond motifs is 1. The van der Waals surface area contributed by atoms with E-state index >= 15 is 0 Å². The molecule has 25 heavy (non-hydrogen) atoms. The quantitative estimate of drug-likeness (QED) is 0.784. The van der Waals surface area contributed by atoms with E-state index in [0.29, 0.717) is 5.69 Å². The van der Waals surface area contributed by atoms with Crippen molar-refractivity contribution in [3.63, 3.8) is 0 Å². The third kappa shape index (κ3) is 3.67. The minimum Gasteiger partial charge on any atom is -0.482 e. The lowest BCUT2D eigenvalue weighted by atomic mass is 10.2. The Hall–Kier alpha value is -1.61. The van der Waals surface area contributed by atoms with Crippen LogP contribution in [0.25, 0.3) is 0 Å². The zero-order chi connectivity index (χ0) is 18.2. The molecule has 1 amide bonds. The molecule has 2 aromatic carbocycles. The Morgan fingerprint density at radius 3 is 2.76 bits per heavy atom. The van der Waals surface area contributed by atoms with E-state index in [2.05, 4.69) is 21.2 Å². The molecule has 0 saturated carbocycles. The number of hydrogen-bond acceptors (Lipinski definition) is 4. The standard InChI is InChI=1S/C16H14BrClN2O4S/c1-20(8-10-4-2-3-5-11(10)17)25(22,23)15-7-14-13(6-12(15)18)19-16(21)9-24-14/h2-7H,8-9H2,1H3,(H,19,21). The predicted molar refractivity (Wildman–Crippen MR) is 98.4 cm³/mol. The smallest absolute Gasteiger partial charge is 0.262 e. The largest absolute Gasteiger partial charge is 0.482 e. The van der Waals surface area contributed by atoms with Crippen molar-refractivity contribution in [3.05, 3.63) is 51.5 Å². The number of hydrogen-bond donors (Lipinski definition) is 1. The van der Waals surface area contributed by atoms with Crippen molar-refractivity contribution < 1.29 is 17.9 Å². The summed E-state index contributed by atoms with van der Waals surface area (Å²) in [4.78, 5) is 11.3. The van der Waals surface area contributed by atoms with Crippen molar-refractivity contribution >= 4 is 49.1 Å². The number of carbonyl (C=O) groups excluding carboxylic acids is 1. The number of sulfonamides is 1. The van der Waals surface area contributed by atoms with Gasteiger partial charge in [0.25, 0.3) is 5.91 Å². The van der Waals surface area contributed by atoms with Crippen LogP contribution < -0.4 is 10.1 Å². The van der Waals surface area contributed by atoms with Gasteiger partial charge in [-0.25, -0.2) is 8.42 Å². The van der Waals surface area contributed by atoms with Crippen LogP contribution in [0.5, 0.6) is 5.75 Å². The van der Waals surface area contributed by atoms with E-state index in [9.17, 15) is 13.2 Å². The first kappa shape index (κ1) is 18.2. The van der Waals surface area contributed by atoms with E-state index in [1.165, 1.54) is 23.5 Å². The molecule has 132 valence electrons. The molecule has 0 aliphatic carbocycles. The minimum absolute atomic E-state index is 0.0172. The van der Waals surface area contributed by atoms with E-state index in [4.69, 9.17) is 16.3 Å². The van der Waals surface area contributed by atoms with Crippen molar-refractivity contribution in [1.82, 2.24) is 4.31 Å². The summed E-state index contributed by atoms with van der Waals surface area (Å²) < 4.78 is 33.1. The molecule has 0 spiro atoms. The third-order valence-corrected chi connectivity index (χ3v) is 6.75. The van der Waals surface area contributed by atoms with Crippen molar-refractivity contribution in [1.29, 1.82) is 0 Å². The SMILES string of the molecule is CN(Cc1ccccc1Br)S(=O)(=O)c1cc2c(cc1Cl)NC(=O)CO2. The summed E-state index contributed by atoms with van der Waals surface area (Å²) in [7, 11) is -2.36. The van der Waals surface area contributed by atoms with E-state index in [1.54, 1.807) is 0 Å². The highest BCUT2D eigenvalue weighted by molar-refractivity contribution is 9.10. The Labute approximate surface area is 158 Å². The van der Waals surface area contributed by atoms with Gasteiger partial charge in [0.05, 0.1) is 10.7 Å². The molecule has 0 radical (unpaired) electrons. The Balaban J connectivity index is 1.94. The molecule has 9 heteroatoms. The van der Waals surface area contributed by atoms with E-state index < -0.39 is 10.0 Å². The normalized spacial score (nSPS) is 14.0. The van der Waals surface area contributed by atoms with Crippen LogP contribution in [0.15, 0.2) is 45.8 Å². The first-order valence-corrected chi connectivity index (χ1v) is 9.86. The summed E-state index contributed by atoms with van der Waals surface area (Å²) in [6.07, 6.45) is 0. The summed E-state index contributed by atoms with van der Waals surface area (Å²) in [5, 5.41) is 2.61. The summed E-state index contributed by atoms with van der Waals surface area (Å²) in [6, 6.07) is 10.1. The van der Waals surface area contributed by atoms with Gasteiger partial charge in [-0.1, -0.05) is 45.7 Å². The summed E-state index contributed by atoms with van der Waals surface area (Å²) in [5.41, 5.74) is 1.18. The molecular formula is C16H14BrClN2O4S. The van der Waals surface area contributed by atoms with Crippen LogP contribution in [0.4, 0.5) is 5.69 Å². The molecule has 0 saturated heterocycles. The van der Waals surface area contributed by atoms with Crippen molar-refractivity contribution in [3.8, 4) is 5.75 Å². The third-order valence-electron chi connectivity index (χ3n) is 3.71. The summed E-state index contributed by atoms with van der Waals surface area (Å²) in [6.45, 7) is 0.00961. The molecule has 0 bridgehead atoms. The average molecular weight is 446 g/mol. The lowest BCUT2D eigenvalue weighted by Crippen LogP contribution is -2.28. The van der Waals surface area contributed by atoms with Crippen LogP contribution >= 0.6 is 27.5 Å². The zero-order valence-electron chi connectivity index (χ0n) is 13.1. The fraction of sp³-hybridized carbons (Fsp3) is 0.188. The van der Waals surface area contributed by atoms with Gasteiger partial charge in [0.1, 0.15) is 10.6 Å². The number of ether oxygens (including phenoxy) is 1. The zero-order valence-corrected chi connectivity index (χ0v) is 16.3. The second-order valence-corrected chi connectivity index (χ2v) is 8.74. The number of anilines is 1. The van der Waals surface area contributed by atoms with Gasteiger partial charge in [0.15, 0.2) is 6.61 Å². The molecule has 0 unspecified atom stereocenters. The van der Waals surface area contributed by atoms with Crippen molar-refractivity contribution in [2.45, 2.75) is 11.4 Å². The topological polar surface area (TPSA) is 75.7 Å². The van der Waals surface area contributed by atoms with Gasteiger partial charge in [-0.05, 0) is 17.7 Å². The van der Waals surface area contributed by atoms with Crippen molar-refractivity contribution in [2.75, 3.05) is 19.0 Å². The fourth-order valence-corrected chi connectivity index (χ4v) is 4.47. The number of amides is 1. The molecule has 3 rings (SSSR count). The molecular weight excluding hydrogens is 432 g/mol. The van der Waals surface area contributed by atoms with Crippen LogP contribution in [0.2, 0.25) is 5.02 Å². The summed E-state index contributed by atoms with van der Waals surface area (Å²) >= 11 is 9.56. The van der Waals surface area contributed by atoms with E-state index in [-0.39, 0.29) is 34.7 Å². The van der Waals surface area contributed by atoms with Gasteiger partial charge >= 0.3 is 0 Å². The maximum Gasteiger partial charge on any atom is 0.262 e. The Kier molecular flexibility index (Phi) is 5.06. The lowest BCUT2D eigenvalue weighted by Gasteiger charge is -2.22. The second-order valence-electron chi connectivity index (χ2n) is 5.47. The molecule has 1 N–H and O–H groups in total. The van der Waals surface area contributed by atoms with Gasteiger partial charge in [0.2, 0.25) is 10.0 Å². The number of nitrogens with one attached hydrogen (secondary N) is 1.